The van der Waals surface area contributed by atoms with Crippen LogP contribution in [0.4, 0.5) is 0 Å². The van der Waals surface area contributed by atoms with Gasteiger partial charge in [0, 0.05) is 6.42 Å². The van der Waals surface area contributed by atoms with Crippen molar-refractivity contribution in [2.45, 2.75) is 58.0 Å². The van der Waals surface area contributed by atoms with Crippen molar-refractivity contribution < 1.29 is 9.53 Å². The Balaban J connectivity index is 1.72. The molecule has 3 nitrogen and oxygen atoms in total. The number of hydrogen-bond acceptors (Lipinski definition) is 3. The molecule has 1 N–H and O–H groups in total. The predicted octanol–water partition coefficient (Wildman–Crippen LogP) is 2.50. The lowest BCUT2D eigenvalue weighted by Crippen LogP contribution is -2.32. The lowest BCUT2D eigenvalue weighted by atomic mass is 9.88. The summed E-state index contributed by atoms with van der Waals surface area (Å²) in [4.78, 5) is 11.9. The van der Waals surface area contributed by atoms with Gasteiger partial charge in [0.05, 0.1) is 0 Å². The van der Waals surface area contributed by atoms with E-state index in [4.69, 9.17) is 4.74 Å². The minimum absolute atomic E-state index is 0.0376. The van der Waals surface area contributed by atoms with Crippen molar-refractivity contribution in [3.8, 4) is 0 Å². The zero-order valence-electron chi connectivity index (χ0n) is 10.9. The van der Waals surface area contributed by atoms with E-state index in [0.717, 1.165) is 32.4 Å². The number of carbonyl (C=O) groups excluding carboxylic acids is 1. The Morgan fingerprint density at radius 3 is 2.59 bits per heavy atom. The first-order valence-electron chi connectivity index (χ1n) is 7.16. The number of nitrogens with one attached hydrogen (secondary N) is 1. The topological polar surface area (TPSA) is 38.3 Å². The van der Waals surface area contributed by atoms with E-state index in [0.29, 0.717) is 18.3 Å². The van der Waals surface area contributed by atoms with E-state index in [9.17, 15) is 4.79 Å². The number of hydrogen-bond donors (Lipinski definition) is 1. The lowest BCUT2D eigenvalue weighted by Gasteiger charge is -2.29. The second-order valence-electron chi connectivity index (χ2n) is 5.69. The number of ether oxygens (including phenoxy) is 1. The molecule has 1 heterocycles. The van der Waals surface area contributed by atoms with Gasteiger partial charge >= 0.3 is 5.97 Å². The van der Waals surface area contributed by atoms with Crippen LogP contribution in [0.25, 0.3) is 0 Å². The summed E-state index contributed by atoms with van der Waals surface area (Å²) in [6, 6.07) is 0. The summed E-state index contributed by atoms with van der Waals surface area (Å²) >= 11 is 0. The van der Waals surface area contributed by atoms with E-state index >= 15 is 0 Å². The van der Waals surface area contributed by atoms with Gasteiger partial charge in [0.2, 0.25) is 0 Å². The van der Waals surface area contributed by atoms with Crippen LogP contribution >= 0.6 is 0 Å². The standard InChI is InChI=1S/C14H25NO2/c1-11-4-2-3-5-13(11)17-14(16)10-12-6-8-15-9-7-12/h11-13,15H,2-10H2,1H3. The highest BCUT2D eigenvalue weighted by molar-refractivity contribution is 5.69. The van der Waals surface area contributed by atoms with Gasteiger partial charge in [-0.25, -0.2) is 0 Å². The molecule has 1 saturated heterocycles. The Bertz CT molecular complexity index is 249. The first kappa shape index (κ1) is 12.9. The van der Waals surface area contributed by atoms with Crippen LogP contribution in [0, 0.1) is 11.8 Å². The Morgan fingerprint density at radius 1 is 1.18 bits per heavy atom. The largest absolute Gasteiger partial charge is 0.462 e. The van der Waals surface area contributed by atoms with Gasteiger partial charge in [0.1, 0.15) is 6.10 Å². The molecular weight excluding hydrogens is 214 g/mol. The van der Waals surface area contributed by atoms with Crippen molar-refractivity contribution in [1.82, 2.24) is 5.32 Å². The fourth-order valence-electron chi connectivity index (χ4n) is 3.00. The molecular formula is C14H25NO2. The molecule has 0 bridgehead atoms. The van der Waals surface area contributed by atoms with Gasteiger partial charge in [-0.3, -0.25) is 4.79 Å². The Morgan fingerprint density at radius 2 is 1.88 bits per heavy atom. The molecule has 1 aliphatic heterocycles. The van der Waals surface area contributed by atoms with Crippen molar-refractivity contribution in [3.63, 3.8) is 0 Å². The summed E-state index contributed by atoms with van der Waals surface area (Å²) in [6.45, 7) is 4.32. The SMILES string of the molecule is CC1CCCCC1OC(=O)CC1CCNCC1. The zero-order valence-corrected chi connectivity index (χ0v) is 10.9. The van der Waals surface area contributed by atoms with E-state index < -0.39 is 0 Å². The first-order chi connectivity index (χ1) is 8.25. The highest BCUT2D eigenvalue weighted by Crippen LogP contribution is 2.27. The minimum atomic E-state index is 0.0376. The van der Waals surface area contributed by atoms with Crippen LogP contribution < -0.4 is 5.32 Å². The molecule has 98 valence electrons. The van der Waals surface area contributed by atoms with Crippen molar-refractivity contribution >= 4 is 5.97 Å². The molecule has 2 rings (SSSR count). The third-order valence-electron chi connectivity index (χ3n) is 4.23. The highest BCUT2D eigenvalue weighted by atomic mass is 16.5. The van der Waals surface area contributed by atoms with Crippen LogP contribution in [-0.4, -0.2) is 25.2 Å². The minimum Gasteiger partial charge on any atom is -0.462 e. The average molecular weight is 239 g/mol. The third-order valence-corrected chi connectivity index (χ3v) is 4.23. The van der Waals surface area contributed by atoms with E-state index in [1.807, 2.05) is 0 Å². The van der Waals surface area contributed by atoms with E-state index in [1.165, 1.54) is 19.3 Å². The quantitative estimate of drug-likeness (QED) is 0.769. The van der Waals surface area contributed by atoms with Gasteiger partial charge in [-0.05, 0) is 57.0 Å². The summed E-state index contributed by atoms with van der Waals surface area (Å²) in [7, 11) is 0. The van der Waals surface area contributed by atoms with Crippen LogP contribution in [0.5, 0.6) is 0 Å². The zero-order chi connectivity index (χ0) is 12.1. The van der Waals surface area contributed by atoms with Crippen molar-refractivity contribution in [1.29, 1.82) is 0 Å². The van der Waals surface area contributed by atoms with Gasteiger partial charge in [-0.2, -0.15) is 0 Å². The van der Waals surface area contributed by atoms with Gasteiger partial charge < -0.3 is 10.1 Å². The predicted molar refractivity (Wildman–Crippen MR) is 67.7 cm³/mol. The van der Waals surface area contributed by atoms with Crippen LogP contribution in [0.2, 0.25) is 0 Å². The van der Waals surface area contributed by atoms with Crippen molar-refractivity contribution in [2.75, 3.05) is 13.1 Å². The second kappa shape index (κ2) is 6.39. The summed E-state index contributed by atoms with van der Waals surface area (Å²) in [5, 5.41) is 3.32. The molecule has 2 fully saturated rings. The molecule has 2 aliphatic rings. The molecule has 2 unspecified atom stereocenters. The molecule has 0 aromatic carbocycles. The van der Waals surface area contributed by atoms with Gasteiger partial charge in [-0.1, -0.05) is 13.3 Å². The smallest absolute Gasteiger partial charge is 0.306 e. The third kappa shape index (κ3) is 3.98. The second-order valence-corrected chi connectivity index (χ2v) is 5.69. The monoisotopic (exact) mass is 239 g/mol. The summed E-state index contributed by atoms with van der Waals surface area (Å²) in [5.74, 6) is 1.14. The van der Waals surface area contributed by atoms with Crippen LogP contribution in [0.15, 0.2) is 0 Å². The molecule has 0 aromatic heterocycles. The van der Waals surface area contributed by atoms with Gasteiger partial charge in [-0.15, -0.1) is 0 Å². The maximum absolute atomic E-state index is 11.9. The molecule has 0 aromatic rings. The molecule has 0 amide bonds. The fraction of sp³-hybridized carbons (Fsp3) is 0.929. The Kier molecular flexibility index (Phi) is 4.84. The highest BCUT2D eigenvalue weighted by Gasteiger charge is 2.26. The molecule has 0 radical (unpaired) electrons. The fourth-order valence-corrected chi connectivity index (χ4v) is 3.00. The van der Waals surface area contributed by atoms with Crippen LogP contribution in [0.1, 0.15) is 51.9 Å². The average Bonchev–Trinajstić information content (AvgIpc) is 2.33. The molecule has 2 atom stereocenters. The molecule has 3 heteroatoms. The van der Waals surface area contributed by atoms with E-state index in [2.05, 4.69) is 12.2 Å². The summed E-state index contributed by atoms with van der Waals surface area (Å²) in [5.41, 5.74) is 0. The summed E-state index contributed by atoms with van der Waals surface area (Å²) in [6.07, 6.45) is 7.86. The molecule has 0 spiro atoms. The maximum Gasteiger partial charge on any atom is 0.306 e. The summed E-state index contributed by atoms with van der Waals surface area (Å²) < 4.78 is 5.65. The number of piperidine rings is 1. The number of esters is 1. The van der Waals surface area contributed by atoms with Gasteiger partial charge in [0.15, 0.2) is 0 Å². The van der Waals surface area contributed by atoms with Crippen LogP contribution in [-0.2, 0) is 9.53 Å². The number of carbonyl (C=O) groups is 1. The normalized spacial score (nSPS) is 31.1. The lowest BCUT2D eigenvalue weighted by molar-refractivity contribution is -0.154. The molecule has 17 heavy (non-hydrogen) atoms. The molecule has 1 saturated carbocycles. The number of rotatable bonds is 3. The van der Waals surface area contributed by atoms with E-state index in [1.54, 1.807) is 0 Å². The Labute approximate surface area is 104 Å². The van der Waals surface area contributed by atoms with Crippen molar-refractivity contribution in [2.24, 2.45) is 11.8 Å². The maximum atomic E-state index is 11.9. The van der Waals surface area contributed by atoms with E-state index in [-0.39, 0.29) is 12.1 Å². The Hall–Kier alpha value is -0.570. The van der Waals surface area contributed by atoms with Crippen molar-refractivity contribution in [3.05, 3.63) is 0 Å². The first-order valence-corrected chi connectivity index (χ1v) is 7.16. The van der Waals surface area contributed by atoms with Gasteiger partial charge in [0.25, 0.3) is 0 Å². The molecule has 1 aliphatic carbocycles. The van der Waals surface area contributed by atoms with Crippen LogP contribution in [0.3, 0.4) is 0 Å².